The quantitative estimate of drug-likeness (QED) is 0.530. The lowest BCUT2D eigenvalue weighted by atomic mass is 9.55. The van der Waals surface area contributed by atoms with E-state index in [4.69, 9.17) is 4.74 Å². The number of hydrogen-bond donors (Lipinski definition) is 1. The molecule has 2 aliphatic carbocycles. The topological polar surface area (TPSA) is 46.5 Å². The molecule has 3 rings (SSSR count). The monoisotopic (exact) mass is 250 g/mol. The second kappa shape index (κ2) is 3.83. The molecule has 2 saturated carbocycles. The Labute approximate surface area is 108 Å². The third-order valence-corrected chi connectivity index (χ3v) is 5.54. The van der Waals surface area contributed by atoms with E-state index in [1.54, 1.807) is 6.92 Å². The maximum absolute atomic E-state index is 12.0. The third-order valence-electron chi connectivity index (χ3n) is 5.54. The first kappa shape index (κ1) is 12.2. The van der Waals surface area contributed by atoms with E-state index in [2.05, 4.69) is 13.5 Å². The van der Waals surface area contributed by atoms with Gasteiger partial charge in [0, 0.05) is 11.8 Å². The van der Waals surface area contributed by atoms with Gasteiger partial charge < -0.3 is 9.84 Å². The van der Waals surface area contributed by atoms with Crippen molar-refractivity contribution < 1.29 is 14.6 Å². The summed E-state index contributed by atoms with van der Waals surface area (Å²) in [4.78, 5) is 12.0. The highest BCUT2D eigenvalue weighted by molar-refractivity contribution is 5.80. The highest BCUT2D eigenvalue weighted by Gasteiger charge is 2.58. The fraction of sp³-hybridized carbons (Fsp3) is 0.800. The first-order valence-corrected chi connectivity index (χ1v) is 7.04. The molecule has 18 heavy (non-hydrogen) atoms. The third kappa shape index (κ3) is 1.49. The van der Waals surface area contributed by atoms with Crippen molar-refractivity contribution in [3.63, 3.8) is 0 Å². The molecule has 1 heterocycles. The number of rotatable bonds is 0. The minimum Gasteiger partial charge on any atom is -0.455 e. The summed E-state index contributed by atoms with van der Waals surface area (Å²) in [5, 5.41) is 10.5. The fourth-order valence-electron chi connectivity index (χ4n) is 4.41. The Kier molecular flexibility index (Phi) is 2.60. The van der Waals surface area contributed by atoms with Crippen molar-refractivity contribution in [3.8, 4) is 0 Å². The molecule has 3 nitrogen and oxygen atoms in total. The molecule has 3 fully saturated rings. The Bertz CT molecular complexity index is 399. The first-order chi connectivity index (χ1) is 8.43. The Hall–Kier alpha value is -0.830. The highest BCUT2D eigenvalue weighted by atomic mass is 16.6. The number of ether oxygens (including phenoxy) is 1. The van der Waals surface area contributed by atoms with E-state index < -0.39 is 11.6 Å². The van der Waals surface area contributed by atoms with Gasteiger partial charge >= 0.3 is 5.97 Å². The van der Waals surface area contributed by atoms with Crippen LogP contribution in [0.3, 0.4) is 0 Å². The Balaban J connectivity index is 2.01. The highest BCUT2D eigenvalue weighted by Crippen LogP contribution is 2.54. The molecule has 3 aliphatic rings. The van der Waals surface area contributed by atoms with Crippen molar-refractivity contribution in [2.24, 2.45) is 23.7 Å². The van der Waals surface area contributed by atoms with Crippen LogP contribution in [0.15, 0.2) is 12.2 Å². The van der Waals surface area contributed by atoms with Gasteiger partial charge in [-0.3, -0.25) is 0 Å². The average Bonchev–Trinajstić information content (AvgIpc) is 2.31. The van der Waals surface area contributed by atoms with Gasteiger partial charge in [-0.25, -0.2) is 4.79 Å². The zero-order chi connectivity index (χ0) is 13.1. The maximum atomic E-state index is 12.0. The predicted octanol–water partition coefficient (Wildman–Crippen LogP) is 2.29. The van der Waals surface area contributed by atoms with Crippen LogP contribution >= 0.6 is 0 Å². The van der Waals surface area contributed by atoms with Crippen LogP contribution in [-0.4, -0.2) is 22.8 Å². The smallest absolute Gasteiger partial charge is 0.338 e. The summed E-state index contributed by atoms with van der Waals surface area (Å²) in [5.74, 6) is 1.10. The summed E-state index contributed by atoms with van der Waals surface area (Å²) in [7, 11) is 0. The Morgan fingerprint density at radius 1 is 1.39 bits per heavy atom. The van der Waals surface area contributed by atoms with Gasteiger partial charge in [0.15, 0.2) is 5.60 Å². The maximum Gasteiger partial charge on any atom is 0.338 e. The standard InChI is InChI=1S/C15H22O3/c1-8-5-7-11-12-10(8)6-4-9(2)13(12)18-14(16)15(11,3)17/h8,10-13,17H,2,4-7H2,1,3H3. The van der Waals surface area contributed by atoms with Crippen LogP contribution in [0.5, 0.6) is 0 Å². The number of carbonyl (C=O) groups is 1. The van der Waals surface area contributed by atoms with Gasteiger partial charge in [-0.1, -0.05) is 19.9 Å². The van der Waals surface area contributed by atoms with Gasteiger partial charge in [-0.05, 0) is 43.6 Å². The van der Waals surface area contributed by atoms with Crippen molar-refractivity contribution in [2.75, 3.05) is 0 Å². The molecule has 100 valence electrons. The Morgan fingerprint density at radius 3 is 2.83 bits per heavy atom. The van der Waals surface area contributed by atoms with Gasteiger partial charge in [0.2, 0.25) is 0 Å². The van der Waals surface area contributed by atoms with Crippen molar-refractivity contribution in [1.29, 1.82) is 0 Å². The van der Waals surface area contributed by atoms with E-state index in [-0.39, 0.29) is 17.9 Å². The molecular weight excluding hydrogens is 228 g/mol. The molecule has 1 aliphatic heterocycles. The van der Waals surface area contributed by atoms with Gasteiger partial charge in [-0.15, -0.1) is 0 Å². The largest absolute Gasteiger partial charge is 0.455 e. The average molecular weight is 250 g/mol. The van der Waals surface area contributed by atoms with Gasteiger partial charge in [-0.2, -0.15) is 0 Å². The van der Waals surface area contributed by atoms with Gasteiger partial charge in [0.1, 0.15) is 6.10 Å². The van der Waals surface area contributed by atoms with E-state index in [1.807, 2.05) is 0 Å². The summed E-state index contributed by atoms with van der Waals surface area (Å²) in [6.07, 6.45) is 3.97. The summed E-state index contributed by atoms with van der Waals surface area (Å²) < 4.78 is 5.51. The molecule has 0 amide bonds. The predicted molar refractivity (Wildman–Crippen MR) is 67.7 cm³/mol. The van der Waals surface area contributed by atoms with Gasteiger partial charge in [0.05, 0.1) is 0 Å². The lowest BCUT2D eigenvalue weighted by molar-refractivity contribution is -0.212. The first-order valence-electron chi connectivity index (χ1n) is 7.04. The molecule has 0 aromatic heterocycles. The number of carbonyl (C=O) groups excluding carboxylic acids is 1. The molecule has 3 heteroatoms. The molecule has 0 spiro atoms. The lowest BCUT2D eigenvalue weighted by Gasteiger charge is -2.55. The zero-order valence-corrected chi connectivity index (χ0v) is 11.2. The van der Waals surface area contributed by atoms with E-state index in [0.29, 0.717) is 11.8 Å². The summed E-state index contributed by atoms with van der Waals surface area (Å²) in [5.41, 5.74) is -0.267. The van der Waals surface area contributed by atoms with E-state index in [0.717, 1.165) is 31.3 Å². The fourth-order valence-corrected chi connectivity index (χ4v) is 4.41. The van der Waals surface area contributed by atoms with Crippen LogP contribution in [0.25, 0.3) is 0 Å². The summed E-state index contributed by atoms with van der Waals surface area (Å²) >= 11 is 0. The van der Waals surface area contributed by atoms with E-state index in [1.165, 1.54) is 0 Å². The second-order valence-electron chi connectivity index (χ2n) is 6.57. The molecule has 1 saturated heterocycles. The van der Waals surface area contributed by atoms with Crippen molar-refractivity contribution >= 4 is 5.97 Å². The number of aliphatic hydroxyl groups is 1. The van der Waals surface area contributed by atoms with Crippen LogP contribution in [0.1, 0.15) is 39.5 Å². The van der Waals surface area contributed by atoms with Crippen LogP contribution in [-0.2, 0) is 9.53 Å². The van der Waals surface area contributed by atoms with E-state index in [9.17, 15) is 9.90 Å². The Morgan fingerprint density at radius 2 is 2.11 bits per heavy atom. The second-order valence-corrected chi connectivity index (χ2v) is 6.57. The SMILES string of the molecule is C=C1CCC2C(C)CCC3C2C1OC(=O)C3(C)O. The lowest BCUT2D eigenvalue weighted by Crippen LogP contribution is -2.61. The molecule has 0 aromatic rings. The van der Waals surface area contributed by atoms with Crippen LogP contribution in [0, 0.1) is 23.7 Å². The molecule has 0 bridgehead atoms. The van der Waals surface area contributed by atoms with Crippen molar-refractivity contribution in [1.82, 2.24) is 0 Å². The van der Waals surface area contributed by atoms with Crippen LogP contribution in [0.2, 0.25) is 0 Å². The van der Waals surface area contributed by atoms with Crippen LogP contribution in [0.4, 0.5) is 0 Å². The normalized spacial score (nSPS) is 51.6. The summed E-state index contributed by atoms with van der Waals surface area (Å²) in [6, 6.07) is 0. The number of hydrogen-bond acceptors (Lipinski definition) is 3. The molecule has 6 atom stereocenters. The van der Waals surface area contributed by atoms with E-state index >= 15 is 0 Å². The number of esters is 1. The molecule has 0 aromatic carbocycles. The molecule has 6 unspecified atom stereocenters. The van der Waals surface area contributed by atoms with Crippen molar-refractivity contribution in [2.45, 2.75) is 51.2 Å². The van der Waals surface area contributed by atoms with Gasteiger partial charge in [0.25, 0.3) is 0 Å². The molecular formula is C15H22O3. The summed E-state index contributed by atoms with van der Waals surface area (Å²) in [6.45, 7) is 7.99. The van der Waals surface area contributed by atoms with Crippen molar-refractivity contribution in [3.05, 3.63) is 12.2 Å². The van der Waals surface area contributed by atoms with Crippen LogP contribution < -0.4 is 0 Å². The minimum atomic E-state index is -1.31. The molecule has 1 N–H and O–H groups in total. The zero-order valence-electron chi connectivity index (χ0n) is 11.2. The minimum absolute atomic E-state index is 0.0435. The molecule has 0 radical (unpaired) electrons.